The largest absolute Gasteiger partial charge is 0.325 e. The molecule has 0 aromatic heterocycles. The molecule has 2 heterocycles. The van der Waals surface area contributed by atoms with Crippen LogP contribution in [0.3, 0.4) is 0 Å². The van der Waals surface area contributed by atoms with Crippen LogP contribution in [0.5, 0.6) is 0 Å². The number of carbonyl (C=O) groups is 1. The molecule has 4 rings (SSSR count). The van der Waals surface area contributed by atoms with Crippen molar-refractivity contribution in [2.45, 2.75) is 17.7 Å². The van der Waals surface area contributed by atoms with Gasteiger partial charge in [-0.15, -0.1) is 0 Å². The predicted molar refractivity (Wildman–Crippen MR) is 108 cm³/mol. The molecule has 2 aliphatic heterocycles. The number of quaternary nitrogens is 1. The van der Waals surface area contributed by atoms with E-state index in [4.69, 9.17) is 0 Å². The molecule has 1 saturated heterocycles. The highest BCUT2D eigenvalue weighted by Gasteiger charge is 2.32. The Labute approximate surface area is 170 Å². The molecule has 0 aliphatic carbocycles. The standard InChI is InChI=1S/C21H24FN3O3S/c22-18-7-3-8-19(15-18)29(27,28)24-13-11-23(12-14-24)16-21(26)25-10-4-6-17-5-1-2-9-20(17)25/h1-3,5,7-9,15H,4,6,10-14,16H2/p+1. The molecule has 154 valence electrons. The van der Waals surface area contributed by atoms with Crippen molar-refractivity contribution in [1.29, 1.82) is 0 Å². The average Bonchev–Trinajstić information content (AvgIpc) is 2.73. The number of hydrogen-bond donors (Lipinski definition) is 1. The van der Waals surface area contributed by atoms with Gasteiger partial charge in [0.1, 0.15) is 5.82 Å². The number of nitrogens with one attached hydrogen (secondary N) is 1. The van der Waals surface area contributed by atoms with Gasteiger partial charge in [0, 0.05) is 12.2 Å². The van der Waals surface area contributed by atoms with Crippen LogP contribution in [-0.2, 0) is 21.2 Å². The number of para-hydroxylation sites is 1. The van der Waals surface area contributed by atoms with Gasteiger partial charge in [-0.05, 0) is 42.7 Å². The average molecular weight is 419 g/mol. The number of amides is 1. The number of halogens is 1. The lowest BCUT2D eigenvalue weighted by Crippen LogP contribution is -3.15. The number of rotatable bonds is 4. The predicted octanol–water partition coefficient (Wildman–Crippen LogP) is 0.694. The minimum absolute atomic E-state index is 0.0260. The van der Waals surface area contributed by atoms with Crippen LogP contribution in [0.15, 0.2) is 53.4 Å². The molecule has 1 fully saturated rings. The molecule has 1 amide bonds. The number of fused-ring (bicyclic) bond motifs is 1. The van der Waals surface area contributed by atoms with Crippen LogP contribution >= 0.6 is 0 Å². The number of carbonyl (C=O) groups excluding carboxylic acids is 1. The summed E-state index contributed by atoms with van der Waals surface area (Å²) >= 11 is 0. The normalized spacial score (nSPS) is 18.4. The molecule has 6 nitrogen and oxygen atoms in total. The van der Waals surface area contributed by atoms with Crippen LogP contribution in [0.4, 0.5) is 10.1 Å². The van der Waals surface area contributed by atoms with E-state index in [9.17, 15) is 17.6 Å². The topological polar surface area (TPSA) is 62.1 Å². The van der Waals surface area contributed by atoms with E-state index in [2.05, 4.69) is 6.07 Å². The lowest BCUT2D eigenvalue weighted by atomic mass is 10.0. The number of nitrogens with zero attached hydrogens (tertiary/aromatic N) is 2. The van der Waals surface area contributed by atoms with Crippen LogP contribution < -0.4 is 9.80 Å². The SMILES string of the molecule is O=C(C[NH+]1CCN(S(=O)(=O)c2cccc(F)c2)CC1)N1CCCc2ccccc21. The molecule has 2 aromatic rings. The first-order valence-electron chi connectivity index (χ1n) is 9.93. The highest BCUT2D eigenvalue weighted by Crippen LogP contribution is 2.26. The van der Waals surface area contributed by atoms with E-state index in [1.807, 2.05) is 23.1 Å². The van der Waals surface area contributed by atoms with Gasteiger partial charge in [-0.1, -0.05) is 24.3 Å². The molecule has 2 aliphatic rings. The van der Waals surface area contributed by atoms with E-state index in [1.54, 1.807) is 0 Å². The van der Waals surface area contributed by atoms with Gasteiger partial charge in [-0.2, -0.15) is 4.31 Å². The Balaban J connectivity index is 1.38. The fourth-order valence-electron chi connectivity index (χ4n) is 4.10. The molecular formula is C21H25FN3O3S+. The Morgan fingerprint density at radius 3 is 2.55 bits per heavy atom. The Hall–Kier alpha value is -2.29. The second kappa shape index (κ2) is 8.22. The maximum absolute atomic E-state index is 13.4. The third-order valence-corrected chi connectivity index (χ3v) is 7.57. The van der Waals surface area contributed by atoms with E-state index < -0.39 is 15.8 Å². The zero-order valence-electron chi connectivity index (χ0n) is 16.2. The Bertz CT molecular complexity index is 1000. The van der Waals surface area contributed by atoms with Crippen LogP contribution in [0.25, 0.3) is 0 Å². The van der Waals surface area contributed by atoms with Crippen LogP contribution in [0.2, 0.25) is 0 Å². The second-order valence-electron chi connectivity index (χ2n) is 7.57. The minimum Gasteiger partial charge on any atom is -0.325 e. The van der Waals surface area contributed by atoms with Gasteiger partial charge in [-0.3, -0.25) is 4.79 Å². The van der Waals surface area contributed by atoms with Gasteiger partial charge in [-0.25, -0.2) is 12.8 Å². The van der Waals surface area contributed by atoms with Crippen molar-refractivity contribution in [2.75, 3.05) is 44.2 Å². The van der Waals surface area contributed by atoms with Gasteiger partial charge < -0.3 is 9.80 Å². The lowest BCUT2D eigenvalue weighted by molar-refractivity contribution is -0.895. The number of aryl methyl sites for hydroxylation is 1. The van der Waals surface area contributed by atoms with Gasteiger partial charge in [0.15, 0.2) is 6.54 Å². The van der Waals surface area contributed by atoms with Crippen molar-refractivity contribution >= 4 is 21.6 Å². The molecule has 0 unspecified atom stereocenters. The van der Waals surface area contributed by atoms with Crippen molar-refractivity contribution in [3.05, 3.63) is 59.9 Å². The number of sulfonamides is 1. The maximum Gasteiger partial charge on any atom is 0.282 e. The summed E-state index contributed by atoms with van der Waals surface area (Å²) in [6.45, 7) is 2.81. The maximum atomic E-state index is 13.4. The molecule has 1 N–H and O–H groups in total. The van der Waals surface area contributed by atoms with Gasteiger partial charge in [0.05, 0.1) is 31.1 Å². The van der Waals surface area contributed by atoms with E-state index in [1.165, 1.54) is 28.1 Å². The van der Waals surface area contributed by atoms with Gasteiger partial charge in [0.25, 0.3) is 5.91 Å². The minimum atomic E-state index is -3.71. The summed E-state index contributed by atoms with van der Waals surface area (Å²) in [5.74, 6) is -0.490. The number of benzene rings is 2. The van der Waals surface area contributed by atoms with E-state index in [0.29, 0.717) is 32.7 Å². The molecule has 8 heteroatoms. The first kappa shape index (κ1) is 20.0. The molecule has 0 radical (unpaired) electrons. The molecule has 0 bridgehead atoms. The van der Waals surface area contributed by atoms with E-state index in [-0.39, 0.29) is 10.8 Å². The molecule has 0 spiro atoms. The summed E-state index contributed by atoms with van der Waals surface area (Å²) < 4.78 is 40.3. The second-order valence-corrected chi connectivity index (χ2v) is 9.50. The van der Waals surface area contributed by atoms with Crippen molar-refractivity contribution < 1.29 is 22.5 Å². The Morgan fingerprint density at radius 2 is 1.79 bits per heavy atom. The summed E-state index contributed by atoms with van der Waals surface area (Å²) in [6.07, 6.45) is 1.95. The van der Waals surface area contributed by atoms with E-state index in [0.717, 1.165) is 36.0 Å². The lowest BCUT2D eigenvalue weighted by Gasteiger charge is -2.34. The smallest absolute Gasteiger partial charge is 0.282 e. The van der Waals surface area contributed by atoms with Crippen LogP contribution in [0, 0.1) is 5.82 Å². The molecular weight excluding hydrogens is 393 g/mol. The summed E-state index contributed by atoms with van der Waals surface area (Å²) in [5.41, 5.74) is 2.20. The first-order valence-corrected chi connectivity index (χ1v) is 11.4. The highest BCUT2D eigenvalue weighted by molar-refractivity contribution is 7.89. The summed E-state index contributed by atoms with van der Waals surface area (Å²) in [7, 11) is -3.71. The Morgan fingerprint density at radius 1 is 1.03 bits per heavy atom. The fourth-order valence-corrected chi connectivity index (χ4v) is 5.57. The highest BCUT2D eigenvalue weighted by atomic mass is 32.2. The molecule has 0 atom stereocenters. The monoisotopic (exact) mass is 418 g/mol. The quantitative estimate of drug-likeness (QED) is 0.795. The zero-order valence-corrected chi connectivity index (χ0v) is 17.0. The van der Waals surface area contributed by atoms with Gasteiger partial charge >= 0.3 is 0 Å². The third kappa shape index (κ3) is 4.19. The zero-order chi connectivity index (χ0) is 20.4. The van der Waals surface area contributed by atoms with Crippen LogP contribution in [0.1, 0.15) is 12.0 Å². The molecule has 0 saturated carbocycles. The fraction of sp³-hybridized carbons (Fsp3) is 0.381. The van der Waals surface area contributed by atoms with Crippen LogP contribution in [-0.4, -0.2) is 57.9 Å². The first-order chi connectivity index (χ1) is 13.9. The van der Waals surface area contributed by atoms with Crippen molar-refractivity contribution in [3.8, 4) is 0 Å². The number of piperazine rings is 1. The number of anilines is 1. The Kier molecular flexibility index (Phi) is 5.67. The van der Waals surface area contributed by atoms with Crippen molar-refractivity contribution in [2.24, 2.45) is 0 Å². The summed E-state index contributed by atoms with van der Waals surface area (Å²) in [5, 5.41) is 0. The molecule has 2 aromatic carbocycles. The summed E-state index contributed by atoms with van der Waals surface area (Å²) in [6, 6.07) is 13.1. The molecule has 29 heavy (non-hydrogen) atoms. The number of hydrogen-bond acceptors (Lipinski definition) is 3. The van der Waals surface area contributed by atoms with Crippen molar-refractivity contribution in [3.63, 3.8) is 0 Å². The third-order valence-electron chi connectivity index (χ3n) is 5.68. The van der Waals surface area contributed by atoms with E-state index >= 15 is 0 Å². The van der Waals surface area contributed by atoms with Gasteiger partial charge in [0.2, 0.25) is 10.0 Å². The van der Waals surface area contributed by atoms with Crippen molar-refractivity contribution in [1.82, 2.24) is 4.31 Å². The summed E-state index contributed by atoms with van der Waals surface area (Å²) in [4.78, 5) is 15.8.